The van der Waals surface area contributed by atoms with E-state index in [2.05, 4.69) is 22.4 Å². The number of benzene rings is 1. The monoisotopic (exact) mass is 382 g/mol. The molecule has 5 nitrogen and oxygen atoms in total. The molecule has 1 N–H and O–H groups in total. The van der Waals surface area contributed by atoms with E-state index in [1.54, 1.807) is 6.26 Å². The van der Waals surface area contributed by atoms with Crippen LogP contribution in [0.4, 0.5) is 5.95 Å². The molecule has 0 spiro atoms. The van der Waals surface area contributed by atoms with Gasteiger partial charge in [0, 0.05) is 23.7 Å². The first-order valence-electron chi connectivity index (χ1n) is 9.22. The van der Waals surface area contributed by atoms with Crippen LogP contribution in [0.2, 0.25) is 5.02 Å². The van der Waals surface area contributed by atoms with Gasteiger partial charge in [0.15, 0.2) is 0 Å². The van der Waals surface area contributed by atoms with Gasteiger partial charge in [-0.2, -0.15) is 0 Å². The van der Waals surface area contributed by atoms with E-state index < -0.39 is 0 Å². The Morgan fingerprint density at radius 2 is 1.96 bits per heavy atom. The van der Waals surface area contributed by atoms with Gasteiger partial charge in [0.05, 0.1) is 18.5 Å². The molecule has 1 aliphatic heterocycles. The molecule has 1 saturated heterocycles. The Morgan fingerprint density at radius 3 is 2.70 bits per heavy atom. The fourth-order valence-electron chi connectivity index (χ4n) is 3.87. The van der Waals surface area contributed by atoms with E-state index in [-0.39, 0.29) is 5.41 Å². The highest BCUT2D eigenvalue weighted by atomic mass is 35.5. The van der Waals surface area contributed by atoms with Crippen LogP contribution in [0.15, 0.2) is 59.3 Å². The van der Waals surface area contributed by atoms with Crippen molar-refractivity contribution < 1.29 is 4.42 Å². The van der Waals surface area contributed by atoms with Crippen LogP contribution in [0, 0.1) is 0 Å². The number of hydrogen-bond donors (Lipinski definition) is 1. The van der Waals surface area contributed by atoms with E-state index in [0.717, 1.165) is 48.0 Å². The zero-order chi connectivity index (χ0) is 18.7. The normalized spacial score (nSPS) is 16.2. The van der Waals surface area contributed by atoms with Gasteiger partial charge in [-0.3, -0.25) is 0 Å². The fraction of sp³-hybridized carbons (Fsp3) is 0.333. The third kappa shape index (κ3) is 3.57. The van der Waals surface area contributed by atoms with E-state index in [4.69, 9.17) is 21.0 Å². The molecule has 1 fully saturated rings. The van der Waals surface area contributed by atoms with Gasteiger partial charge in [-0.1, -0.05) is 29.8 Å². The molecule has 2 aromatic heterocycles. The highest BCUT2D eigenvalue weighted by molar-refractivity contribution is 6.31. The first-order chi connectivity index (χ1) is 13.2. The van der Waals surface area contributed by atoms with Crippen molar-refractivity contribution >= 4 is 17.5 Å². The minimum absolute atomic E-state index is 0.202. The summed E-state index contributed by atoms with van der Waals surface area (Å²) in [6.07, 6.45) is 5.43. The number of halogens is 1. The number of rotatable bonds is 5. The number of nitrogens with zero attached hydrogens (tertiary/aromatic N) is 3. The molecule has 140 valence electrons. The van der Waals surface area contributed by atoms with Crippen molar-refractivity contribution in [3.8, 4) is 0 Å². The molecule has 0 unspecified atom stereocenters. The first kappa shape index (κ1) is 18.0. The summed E-state index contributed by atoms with van der Waals surface area (Å²) in [7, 11) is 1.98. The third-order valence-electron chi connectivity index (χ3n) is 5.29. The minimum Gasteiger partial charge on any atom is -0.467 e. The van der Waals surface area contributed by atoms with Crippen LogP contribution in [0.1, 0.15) is 29.9 Å². The highest BCUT2D eigenvalue weighted by Crippen LogP contribution is 2.42. The molecule has 3 aromatic rings. The second-order valence-electron chi connectivity index (χ2n) is 6.99. The van der Waals surface area contributed by atoms with Gasteiger partial charge < -0.3 is 14.6 Å². The Kier molecular flexibility index (Phi) is 5.14. The molecule has 0 amide bonds. The number of anilines is 1. The van der Waals surface area contributed by atoms with Crippen molar-refractivity contribution in [2.75, 3.05) is 25.0 Å². The molecular weight excluding hydrogens is 360 g/mol. The van der Waals surface area contributed by atoms with Crippen molar-refractivity contribution in [3.05, 3.63) is 77.0 Å². The summed E-state index contributed by atoms with van der Waals surface area (Å²) in [6, 6.07) is 14.0. The lowest BCUT2D eigenvalue weighted by Gasteiger charge is -2.38. The molecule has 3 heterocycles. The van der Waals surface area contributed by atoms with Crippen molar-refractivity contribution in [2.24, 2.45) is 0 Å². The molecule has 27 heavy (non-hydrogen) atoms. The maximum absolute atomic E-state index is 6.61. The number of furan rings is 1. The molecule has 1 aromatic carbocycles. The van der Waals surface area contributed by atoms with Crippen LogP contribution in [0.5, 0.6) is 0 Å². The zero-order valence-electron chi connectivity index (χ0n) is 15.4. The predicted octanol–water partition coefficient (Wildman–Crippen LogP) is 4.03. The van der Waals surface area contributed by atoms with Crippen molar-refractivity contribution in [2.45, 2.75) is 24.8 Å². The zero-order valence-corrected chi connectivity index (χ0v) is 16.1. The topological polar surface area (TPSA) is 54.2 Å². The van der Waals surface area contributed by atoms with Crippen LogP contribution < -0.4 is 10.2 Å². The summed E-state index contributed by atoms with van der Waals surface area (Å²) in [6.45, 7) is 2.50. The quantitative estimate of drug-likeness (QED) is 0.722. The van der Waals surface area contributed by atoms with Crippen LogP contribution in [-0.2, 0) is 12.0 Å². The second-order valence-corrected chi connectivity index (χ2v) is 7.40. The smallest absolute Gasteiger partial charge is 0.225 e. The van der Waals surface area contributed by atoms with Gasteiger partial charge in [-0.05, 0) is 55.8 Å². The predicted molar refractivity (Wildman–Crippen MR) is 107 cm³/mol. The lowest BCUT2D eigenvalue weighted by molar-refractivity contribution is 0.354. The molecule has 4 rings (SSSR count). The summed E-state index contributed by atoms with van der Waals surface area (Å²) >= 11 is 6.61. The Bertz CT molecular complexity index is 891. The summed E-state index contributed by atoms with van der Waals surface area (Å²) in [5, 5.41) is 4.25. The SMILES string of the molecule is CN(Cc1ccco1)c1nccc(C2(c3ccccc3Cl)CCNCC2)n1. The average molecular weight is 383 g/mol. The van der Waals surface area contributed by atoms with E-state index in [1.165, 1.54) is 0 Å². The summed E-state index contributed by atoms with van der Waals surface area (Å²) in [4.78, 5) is 11.4. The standard InChI is InChI=1S/C21H23ClN4O/c1-26(15-16-5-4-14-27-16)20-24-11-8-19(25-20)21(9-12-23-13-10-21)17-6-2-3-7-18(17)22/h2-8,11,14,23H,9-10,12-13,15H2,1H3. The fourth-order valence-corrected chi connectivity index (χ4v) is 4.19. The molecule has 0 aliphatic carbocycles. The summed E-state index contributed by atoms with van der Waals surface area (Å²) in [5.41, 5.74) is 1.96. The Labute approximate surface area is 164 Å². The van der Waals surface area contributed by atoms with Crippen molar-refractivity contribution in [1.82, 2.24) is 15.3 Å². The number of nitrogens with one attached hydrogen (secondary N) is 1. The van der Waals surface area contributed by atoms with Crippen LogP contribution in [0.25, 0.3) is 0 Å². The maximum Gasteiger partial charge on any atom is 0.225 e. The maximum atomic E-state index is 6.61. The Balaban J connectivity index is 1.72. The van der Waals surface area contributed by atoms with Crippen molar-refractivity contribution in [3.63, 3.8) is 0 Å². The van der Waals surface area contributed by atoms with Gasteiger partial charge in [-0.15, -0.1) is 0 Å². The lowest BCUT2D eigenvalue weighted by Crippen LogP contribution is -2.41. The van der Waals surface area contributed by atoms with Crippen molar-refractivity contribution in [1.29, 1.82) is 0 Å². The molecule has 0 bridgehead atoms. The van der Waals surface area contributed by atoms with E-state index in [0.29, 0.717) is 12.5 Å². The summed E-state index contributed by atoms with van der Waals surface area (Å²) < 4.78 is 5.45. The molecule has 0 atom stereocenters. The largest absolute Gasteiger partial charge is 0.467 e. The summed E-state index contributed by atoms with van der Waals surface area (Å²) in [5.74, 6) is 1.57. The van der Waals surface area contributed by atoms with E-state index >= 15 is 0 Å². The van der Waals surface area contributed by atoms with Crippen LogP contribution in [0.3, 0.4) is 0 Å². The van der Waals surface area contributed by atoms with Gasteiger partial charge >= 0.3 is 0 Å². The number of aromatic nitrogens is 2. The van der Waals surface area contributed by atoms with Gasteiger partial charge in [-0.25, -0.2) is 9.97 Å². The van der Waals surface area contributed by atoms with Gasteiger partial charge in [0.1, 0.15) is 5.76 Å². The van der Waals surface area contributed by atoms with Crippen LogP contribution >= 0.6 is 11.6 Å². The Morgan fingerprint density at radius 1 is 1.15 bits per heavy atom. The van der Waals surface area contributed by atoms with E-state index in [1.807, 2.05) is 48.5 Å². The number of piperidine rings is 1. The molecule has 0 saturated carbocycles. The first-order valence-corrected chi connectivity index (χ1v) is 9.60. The minimum atomic E-state index is -0.202. The highest BCUT2D eigenvalue weighted by Gasteiger charge is 2.38. The molecular formula is C21H23ClN4O. The third-order valence-corrected chi connectivity index (χ3v) is 5.62. The molecule has 0 radical (unpaired) electrons. The van der Waals surface area contributed by atoms with Gasteiger partial charge in [0.25, 0.3) is 0 Å². The average Bonchev–Trinajstić information content (AvgIpc) is 3.22. The molecule has 1 aliphatic rings. The van der Waals surface area contributed by atoms with Gasteiger partial charge in [0.2, 0.25) is 5.95 Å². The van der Waals surface area contributed by atoms with Crippen LogP contribution in [-0.4, -0.2) is 30.1 Å². The lowest BCUT2D eigenvalue weighted by atomic mass is 9.70. The van der Waals surface area contributed by atoms with E-state index in [9.17, 15) is 0 Å². The second kappa shape index (κ2) is 7.71. The number of hydrogen-bond acceptors (Lipinski definition) is 5. The molecule has 6 heteroatoms. The Hall–Kier alpha value is -2.37.